The molecule has 6 heteroatoms. The normalized spacial score (nSPS) is 23.4. The first-order valence-electron chi connectivity index (χ1n) is 7.54. The monoisotopic (exact) mass is 299 g/mol. The van der Waals surface area contributed by atoms with Gasteiger partial charge in [-0.3, -0.25) is 0 Å². The molecular weight excluding hydrogens is 279 g/mol. The highest BCUT2D eigenvalue weighted by Gasteiger charge is 2.36. The summed E-state index contributed by atoms with van der Waals surface area (Å²) in [6.07, 6.45) is 1.55. The third-order valence-electron chi connectivity index (χ3n) is 4.18. The number of aromatic nitrogens is 1. The Hall–Kier alpha value is -1.30. The fourth-order valence-electron chi connectivity index (χ4n) is 2.92. The number of hydrogen-bond acceptors (Lipinski definition) is 3. The third-order valence-corrected chi connectivity index (χ3v) is 4.18. The summed E-state index contributed by atoms with van der Waals surface area (Å²) in [4.78, 5) is 5.79. The van der Waals surface area contributed by atoms with Crippen LogP contribution >= 0.6 is 0 Å². The minimum atomic E-state index is -4.34. The predicted molar refractivity (Wildman–Crippen MR) is 75.2 cm³/mol. The van der Waals surface area contributed by atoms with Crippen LogP contribution < -0.4 is 10.2 Å². The first-order chi connectivity index (χ1) is 10.0. The maximum absolute atomic E-state index is 13.1. The Morgan fingerprint density at radius 2 is 2.10 bits per heavy atom. The summed E-state index contributed by atoms with van der Waals surface area (Å²) in [6, 6.07) is 3.11. The molecule has 1 atom stereocenters. The Kier molecular flexibility index (Phi) is 4.06. The van der Waals surface area contributed by atoms with E-state index in [9.17, 15) is 13.2 Å². The van der Waals surface area contributed by atoms with Crippen LogP contribution in [0.3, 0.4) is 0 Å². The molecule has 1 aromatic heterocycles. The molecule has 0 aromatic carbocycles. The minimum Gasteiger partial charge on any atom is -0.356 e. The lowest BCUT2D eigenvalue weighted by Gasteiger charge is -2.35. The number of alkyl halides is 3. The summed E-state index contributed by atoms with van der Waals surface area (Å²) in [5.41, 5.74) is -0.624. The van der Waals surface area contributed by atoms with Gasteiger partial charge in [0.05, 0.1) is 5.56 Å². The van der Waals surface area contributed by atoms with Crippen molar-refractivity contribution in [1.82, 2.24) is 10.3 Å². The van der Waals surface area contributed by atoms with E-state index in [2.05, 4.69) is 10.3 Å². The quantitative estimate of drug-likeness (QED) is 0.926. The van der Waals surface area contributed by atoms with Gasteiger partial charge in [-0.1, -0.05) is 0 Å². The smallest absolute Gasteiger partial charge is 0.356 e. The number of hydrogen-bond donors (Lipinski definition) is 1. The topological polar surface area (TPSA) is 28.2 Å². The van der Waals surface area contributed by atoms with E-state index in [0.29, 0.717) is 25.0 Å². The number of halogens is 3. The number of nitrogens with zero attached hydrogens (tertiary/aromatic N) is 2. The maximum Gasteiger partial charge on any atom is 0.419 e. The lowest BCUT2D eigenvalue weighted by molar-refractivity contribution is -0.137. The van der Waals surface area contributed by atoms with E-state index in [-0.39, 0.29) is 5.82 Å². The molecular formula is C15H20F3N3. The second-order valence-electron chi connectivity index (χ2n) is 6.01. The summed E-state index contributed by atoms with van der Waals surface area (Å²) in [6.45, 7) is 2.20. The molecule has 3 nitrogen and oxygen atoms in total. The first-order valence-corrected chi connectivity index (χ1v) is 7.54. The van der Waals surface area contributed by atoms with Crippen LogP contribution in [0.2, 0.25) is 0 Å². The van der Waals surface area contributed by atoms with Gasteiger partial charge < -0.3 is 10.2 Å². The number of anilines is 1. The molecule has 1 aliphatic carbocycles. The van der Waals surface area contributed by atoms with E-state index in [1.54, 1.807) is 4.90 Å². The Labute approximate surface area is 122 Å². The second-order valence-corrected chi connectivity index (χ2v) is 6.01. The van der Waals surface area contributed by atoms with E-state index in [0.717, 1.165) is 25.5 Å². The molecule has 0 bridgehead atoms. The molecule has 1 aliphatic heterocycles. The van der Waals surface area contributed by atoms with Crippen LogP contribution in [0.25, 0.3) is 0 Å². The van der Waals surface area contributed by atoms with Gasteiger partial charge in [0.2, 0.25) is 0 Å². The van der Waals surface area contributed by atoms with Gasteiger partial charge in [0.25, 0.3) is 0 Å². The van der Waals surface area contributed by atoms with E-state index in [4.69, 9.17) is 0 Å². The number of rotatable bonds is 4. The van der Waals surface area contributed by atoms with E-state index < -0.39 is 11.7 Å². The molecule has 1 saturated heterocycles. The highest BCUT2D eigenvalue weighted by Crippen LogP contribution is 2.36. The molecule has 2 fully saturated rings. The van der Waals surface area contributed by atoms with Crippen LogP contribution in [0.15, 0.2) is 18.3 Å². The van der Waals surface area contributed by atoms with Crippen LogP contribution in [-0.4, -0.2) is 30.7 Å². The molecule has 2 aliphatic rings. The number of nitrogens with one attached hydrogen (secondary N) is 1. The largest absolute Gasteiger partial charge is 0.419 e. The minimum absolute atomic E-state index is 0.0844. The molecule has 2 heterocycles. The third kappa shape index (κ3) is 3.67. The first kappa shape index (κ1) is 14.6. The van der Waals surface area contributed by atoms with Crippen molar-refractivity contribution in [3.63, 3.8) is 0 Å². The highest BCUT2D eigenvalue weighted by molar-refractivity contribution is 5.48. The van der Waals surface area contributed by atoms with Crippen molar-refractivity contribution in [2.75, 3.05) is 24.5 Å². The number of pyridine rings is 1. The fourth-order valence-corrected chi connectivity index (χ4v) is 2.92. The Balaban J connectivity index is 1.70. The average molecular weight is 299 g/mol. The lowest BCUT2D eigenvalue weighted by atomic mass is 9.97. The van der Waals surface area contributed by atoms with Gasteiger partial charge in [0, 0.05) is 25.3 Å². The van der Waals surface area contributed by atoms with Gasteiger partial charge in [-0.25, -0.2) is 4.98 Å². The summed E-state index contributed by atoms with van der Waals surface area (Å²) in [7, 11) is 0. The molecule has 1 unspecified atom stereocenters. The zero-order chi connectivity index (χ0) is 14.9. The molecule has 116 valence electrons. The van der Waals surface area contributed by atoms with Crippen molar-refractivity contribution < 1.29 is 13.2 Å². The zero-order valence-corrected chi connectivity index (χ0v) is 11.9. The molecule has 1 aromatic rings. The van der Waals surface area contributed by atoms with Crippen molar-refractivity contribution in [3.05, 3.63) is 23.9 Å². The van der Waals surface area contributed by atoms with Crippen molar-refractivity contribution in [3.8, 4) is 0 Å². The Morgan fingerprint density at radius 3 is 2.81 bits per heavy atom. The van der Waals surface area contributed by atoms with E-state index in [1.165, 1.54) is 25.1 Å². The molecule has 1 saturated carbocycles. The van der Waals surface area contributed by atoms with Crippen molar-refractivity contribution in [2.45, 2.75) is 37.9 Å². The lowest BCUT2D eigenvalue weighted by Crippen LogP contribution is -2.41. The van der Waals surface area contributed by atoms with Gasteiger partial charge in [0.15, 0.2) is 0 Å². The fraction of sp³-hybridized carbons (Fsp3) is 0.667. The predicted octanol–water partition coefficient (Wildman–Crippen LogP) is 3.07. The summed E-state index contributed by atoms with van der Waals surface area (Å²) in [5, 5.41) is 3.47. The molecule has 0 radical (unpaired) electrons. The molecule has 3 rings (SSSR count). The molecule has 0 spiro atoms. The van der Waals surface area contributed by atoms with Crippen molar-refractivity contribution >= 4 is 5.82 Å². The summed E-state index contributed by atoms with van der Waals surface area (Å²) >= 11 is 0. The van der Waals surface area contributed by atoms with Gasteiger partial charge in [-0.05, 0) is 50.3 Å². The van der Waals surface area contributed by atoms with Gasteiger partial charge in [-0.2, -0.15) is 13.2 Å². The molecule has 21 heavy (non-hydrogen) atoms. The van der Waals surface area contributed by atoms with Gasteiger partial charge >= 0.3 is 6.18 Å². The molecule has 1 N–H and O–H groups in total. The van der Waals surface area contributed by atoms with E-state index >= 15 is 0 Å². The van der Waals surface area contributed by atoms with Crippen LogP contribution in [0.5, 0.6) is 0 Å². The van der Waals surface area contributed by atoms with Crippen LogP contribution in [0, 0.1) is 5.92 Å². The maximum atomic E-state index is 13.1. The Morgan fingerprint density at radius 1 is 1.29 bits per heavy atom. The average Bonchev–Trinajstić information content (AvgIpc) is 3.29. The van der Waals surface area contributed by atoms with Crippen LogP contribution in [0.1, 0.15) is 31.2 Å². The van der Waals surface area contributed by atoms with E-state index in [1.807, 2.05) is 0 Å². The summed E-state index contributed by atoms with van der Waals surface area (Å²) in [5.74, 6) is 0.489. The van der Waals surface area contributed by atoms with Crippen LogP contribution in [0.4, 0.5) is 19.0 Å². The zero-order valence-electron chi connectivity index (χ0n) is 11.9. The summed E-state index contributed by atoms with van der Waals surface area (Å²) < 4.78 is 39.3. The Bertz CT molecular complexity index is 485. The van der Waals surface area contributed by atoms with Crippen molar-refractivity contribution in [2.24, 2.45) is 5.92 Å². The highest BCUT2D eigenvalue weighted by atomic mass is 19.4. The standard InChI is InChI=1S/C15H20F3N3/c16-15(17,18)13-4-1-7-19-14(13)21-8-2-3-11(10-21)9-20-12-5-6-12/h1,4,7,11-12,20H,2-3,5-6,8-10H2. The second kappa shape index (κ2) is 5.83. The van der Waals surface area contributed by atoms with Crippen molar-refractivity contribution in [1.29, 1.82) is 0 Å². The van der Waals surface area contributed by atoms with Crippen LogP contribution in [-0.2, 0) is 6.18 Å². The van der Waals surface area contributed by atoms with Gasteiger partial charge in [-0.15, -0.1) is 0 Å². The van der Waals surface area contributed by atoms with Gasteiger partial charge in [0.1, 0.15) is 5.82 Å². The molecule has 0 amide bonds. The SMILES string of the molecule is FC(F)(F)c1cccnc1N1CCCC(CNC2CC2)C1. The number of piperidine rings is 1.